The second-order valence-electron chi connectivity index (χ2n) is 4.98. The van der Waals surface area contributed by atoms with E-state index >= 15 is 0 Å². The van der Waals surface area contributed by atoms with Gasteiger partial charge in [-0.2, -0.15) is 0 Å². The summed E-state index contributed by atoms with van der Waals surface area (Å²) in [6, 6.07) is 9.78. The average Bonchev–Trinajstić information content (AvgIpc) is 2.27. The minimum absolute atomic E-state index is 0.0266. The predicted octanol–water partition coefficient (Wildman–Crippen LogP) is 1.34. The van der Waals surface area contributed by atoms with Gasteiger partial charge < -0.3 is 15.3 Å². The summed E-state index contributed by atoms with van der Waals surface area (Å²) >= 11 is 0. The van der Waals surface area contributed by atoms with Gasteiger partial charge in [-0.1, -0.05) is 30.3 Å². The van der Waals surface area contributed by atoms with Gasteiger partial charge in [0.25, 0.3) is 0 Å². The summed E-state index contributed by atoms with van der Waals surface area (Å²) in [4.78, 5) is 24.0. The Morgan fingerprint density at radius 1 is 1.37 bits per heavy atom. The zero-order valence-electron chi connectivity index (χ0n) is 10.9. The Kier molecular flexibility index (Phi) is 4.04. The predicted molar refractivity (Wildman–Crippen MR) is 70.8 cm³/mol. The molecule has 1 atom stereocenters. The number of aliphatic carboxylic acids is 1. The fraction of sp³-hybridized carbons (Fsp3) is 0.429. The number of amides is 2. The van der Waals surface area contributed by atoms with E-state index in [1.54, 1.807) is 0 Å². The highest BCUT2D eigenvalue weighted by atomic mass is 16.4. The van der Waals surface area contributed by atoms with Crippen molar-refractivity contribution in [3.8, 4) is 0 Å². The van der Waals surface area contributed by atoms with Crippen molar-refractivity contribution < 1.29 is 14.7 Å². The summed E-state index contributed by atoms with van der Waals surface area (Å²) in [5, 5.41) is 11.6. The van der Waals surface area contributed by atoms with Crippen LogP contribution in [0.15, 0.2) is 30.3 Å². The van der Waals surface area contributed by atoms with Gasteiger partial charge in [0, 0.05) is 19.1 Å². The maximum atomic E-state index is 11.8. The van der Waals surface area contributed by atoms with Crippen LogP contribution in [-0.2, 0) is 11.2 Å². The fourth-order valence-corrected chi connectivity index (χ4v) is 2.12. The first kappa shape index (κ1) is 13.4. The Morgan fingerprint density at radius 2 is 2.00 bits per heavy atom. The quantitative estimate of drug-likeness (QED) is 0.860. The molecule has 1 aromatic carbocycles. The molecule has 1 saturated heterocycles. The number of hydrogen-bond acceptors (Lipinski definition) is 2. The molecule has 0 spiro atoms. The molecule has 1 heterocycles. The van der Waals surface area contributed by atoms with E-state index in [0.29, 0.717) is 13.1 Å². The zero-order valence-corrected chi connectivity index (χ0v) is 10.9. The average molecular weight is 262 g/mol. The summed E-state index contributed by atoms with van der Waals surface area (Å²) in [7, 11) is 0. The van der Waals surface area contributed by atoms with E-state index in [2.05, 4.69) is 5.32 Å². The van der Waals surface area contributed by atoms with Crippen LogP contribution in [0, 0.1) is 5.92 Å². The number of carboxylic acids is 1. The van der Waals surface area contributed by atoms with Crippen LogP contribution in [0.4, 0.5) is 4.79 Å². The topological polar surface area (TPSA) is 69.6 Å². The van der Waals surface area contributed by atoms with E-state index in [1.807, 2.05) is 37.3 Å². The molecule has 2 amide bonds. The summed E-state index contributed by atoms with van der Waals surface area (Å²) in [6.07, 6.45) is 0.767. The molecule has 2 rings (SSSR count). The fourth-order valence-electron chi connectivity index (χ4n) is 2.12. The SMILES string of the molecule is CC(Cc1ccccc1)NC(=O)N1CC(C(=O)O)C1. The molecule has 102 valence electrons. The second kappa shape index (κ2) is 5.73. The third kappa shape index (κ3) is 3.47. The smallest absolute Gasteiger partial charge is 0.317 e. The van der Waals surface area contributed by atoms with E-state index in [4.69, 9.17) is 5.11 Å². The van der Waals surface area contributed by atoms with Gasteiger partial charge in [-0.3, -0.25) is 4.79 Å². The molecule has 0 bridgehead atoms. The maximum Gasteiger partial charge on any atom is 0.317 e. The van der Waals surface area contributed by atoms with Crippen LogP contribution in [0.2, 0.25) is 0 Å². The number of carbonyl (C=O) groups is 2. The first-order chi connectivity index (χ1) is 9.06. The number of hydrogen-bond donors (Lipinski definition) is 2. The molecule has 0 aliphatic carbocycles. The van der Waals surface area contributed by atoms with Gasteiger partial charge in [0.2, 0.25) is 0 Å². The number of benzene rings is 1. The van der Waals surface area contributed by atoms with Crippen LogP contribution in [0.1, 0.15) is 12.5 Å². The van der Waals surface area contributed by atoms with Crippen molar-refractivity contribution in [3.05, 3.63) is 35.9 Å². The van der Waals surface area contributed by atoms with E-state index in [9.17, 15) is 9.59 Å². The normalized spacial score (nSPS) is 16.6. The molecule has 0 saturated carbocycles. The molecule has 1 aliphatic rings. The zero-order chi connectivity index (χ0) is 13.8. The van der Waals surface area contributed by atoms with Crippen LogP contribution in [0.5, 0.6) is 0 Å². The molecule has 0 aromatic heterocycles. The first-order valence-corrected chi connectivity index (χ1v) is 6.38. The van der Waals surface area contributed by atoms with E-state index in [-0.39, 0.29) is 12.1 Å². The Morgan fingerprint density at radius 3 is 2.58 bits per heavy atom. The number of carbonyl (C=O) groups excluding carboxylic acids is 1. The van der Waals surface area contributed by atoms with Crippen molar-refractivity contribution in [2.45, 2.75) is 19.4 Å². The van der Waals surface area contributed by atoms with Crippen LogP contribution in [0.25, 0.3) is 0 Å². The van der Waals surface area contributed by atoms with Gasteiger partial charge in [0.15, 0.2) is 0 Å². The summed E-state index contributed by atoms with van der Waals surface area (Å²) in [5.74, 6) is -1.24. The van der Waals surface area contributed by atoms with E-state index in [0.717, 1.165) is 6.42 Å². The molecular weight excluding hydrogens is 244 g/mol. The largest absolute Gasteiger partial charge is 0.481 e. The van der Waals surface area contributed by atoms with Crippen molar-refractivity contribution in [3.63, 3.8) is 0 Å². The minimum Gasteiger partial charge on any atom is -0.481 e. The van der Waals surface area contributed by atoms with Gasteiger partial charge in [-0.25, -0.2) is 4.79 Å². The third-order valence-corrected chi connectivity index (χ3v) is 3.27. The monoisotopic (exact) mass is 262 g/mol. The summed E-state index contributed by atoms with van der Waals surface area (Å²) < 4.78 is 0. The number of carboxylic acid groups (broad SMARTS) is 1. The summed E-state index contributed by atoms with van der Waals surface area (Å²) in [5.41, 5.74) is 1.17. The van der Waals surface area contributed by atoms with Crippen molar-refractivity contribution >= 4 is 12.0 Å². The Balaban J connectivity index is 1.76. The lowest BCUT2D eigenvalue weighted by Crippen LogP contribution is -2.57. The van der Waals surface area contributed by atoms with Crippen molar-refractivity contribution in [1.82, 2.24) is 10.2 Å². The van der Waals surface area contributed by atoms with Crippen LogP contribution >= 0.6 is 0 Å². The molecule has 0 radical (unpaired) electrons. The Bertz CT molecular complexity index is 455. The van der Waals surface area contributed by atoms with Crippen LogP contribution < -0.4 is 5.32 Å². The lowest BCUT2D eigenvalue weighted by Gasteiger charge is -2.37. The third-order valence-electron chi connectivity index (χ3n) is 3.27. The van der Waals surface area contributed by atoms with Gasteiger partial charge in [-0.15, -0.1) is 0 Å². The van der Waals surface area contributed by atoms with Crippen molar-refractivity contribution in [1.29, 1.82) is 0 Å². The highest BCUT2D eigenvalue weighted by molar-refractivity contribution is 5.79. The van der Waals surface area contributed by atoms with Gasteiger partial charge in [0.1, 0.15) is 0 Å². The number of nitrogens with zero attached hydrogens (tertiary/aromatic N) is 1. The molecule has 2 N–H and O–H groups in total. The minimum atomic E-state index is -0.832. The van der Waals surface area contributed by atoms with Gasteiger partial charge in [0.05, 0.1) is 5.92 Å². The number of rotatable bonds is 4. The van der Waals surface area contributed by atoms with Crippen LogP contribution in [0.3, 0.4) is 0 Å². The molecule has 5 nitrogen and oxygen atoms in total. The Labute approximate surface area is 112 Å². The molecule has 1 fully saturated rings. The standard InChI is InChI=1S/C14H18N2O3/c1-10(7-11-5-3-2-4-6-11)15-14(19)16-8-12(9-16)13(17)18/h2-6,10,12H,7-9H2,1H3,(H,15,19)(H,17,18). The molecule has 5 heteroatoms. The maximum absolute atomic E-state index is 11.8. The number of urea groups is 1. The van der Waals surface area contributed by atoms with Crippen molar-refractivity contribution in [2.75, 3.05) is 13.1 Å². The lowest BCUT2D eigenvalue weighted by atomic mass is 10.0. The Hall–Kier alpha value is -2.04. The first-order valence-electron chi connectivity index (χ1n) is 6.38. The summed E-state index contributed by atoms with van der Waals surface area (Å²) in [6.45, 7) is 2.55. The lowest BCUT2D eigenvalue weighted by molar-refractivity contribution is -0.146. The molecule has 1 aliphatic heterocycles. The molecule has 1 aromatic rings. The van der Waals surface area contributed by atoms with E-state index < -0.39 is 11.9 Å². The van der Waals surface area contributed by atoms with Gasteiger partial charge in [-0.05, 0) is 18.9 Å². The molecular formula is C14H18N2O3. The van der Waals surface area contributed by atoms with E-state index in [1.165, 1.54) is 10.5 Å². The second-order valence-corrected chi connectivity index (χ2v) is 4.98. The van der Waals surface area contributed by atoms with Crippen LogP contribution in [-0.4, -0.2) is 41.1 Å². The van der Waals surface area contributed by atoms with Crippen molar-refractivity contribution in [2.24, 2.45) is 5.92 Å². The number of likely N-dealkylation sites (tertiary alicyclic amines) is 1. The molecule has 19 heavy (non-hydrogen) atoms. The van der Waals surface area contributed by atoms with Gasteiger partial charge >= 0.3 is 12.0 Å². The number of nitrogens with one attached hydrogen (secondary N) is 1. The highest BCUT2D eigenvalue weighted by Crippen LogP contribution is 2.15. The molecule has 1 unspecified atom stereocenters. The highest BCUT2D eigenvalue weighted by Gasteiger charge is 2.35.